The second-order valence-corrected chi connectivity index (χ2v) is 7.82. The van der Waals surface area contributed by atoms with Crippen LogP contribution in [0.4, 0.5) is 26.3 Å². The molecule has 31 heavy (non-hydrogen) atoms. The Morgan fingerprint density at radius 1 is 1.10 bits per heavy atom. The molecule has 0 saturated carbocycles. The maximum absolute atomic E-state index is 14.4. The molecule has 0 aliphatic heterocycles. The van der Waals surface area contributed by atoms with Crippen molar-refractivity contribution in [1.29, 1.82) is 0 Å². The van der Waals surface area contributed by atoms with Gasteiger partial charge >= 0.3 is 6.18 Å². The second-order valence-electron chi connectivity index (χ2n) is 6.01. The van der Waals surface area contributed by atoms with Gasteiger partial charge in [-0.05, 0) is 12.1 Å². The Kier molecular flexibility index (Phi) is 5.56. The molecule has 3 aromatic rings. The van der Waals surface area contributed by atoms with E-state index in [9.17, 15) is 39.6 Å². The molecule has 164 valence electrons. The van der Waals surface area contributed by atoms with Gasteiger partial charge in [-0.3, -0.25) is 9.78 Å². The van der Waals surface area contributed by atoms with Crippen LogP contribution in [-0.4, -0.2) is 30.8 Å². The zero-order chi connectivity index (χ0) is 23.1. The average molecular weight is 464 g/mol. The first-order chi connectivity index (χ1) is 14.4. The summed E-state index contributed by atoms with van der Waals surface area (Å²) in [6.07, 6.45) is -3.64. The Bertz CT molecular complexity index is 1240. The van der Waals surface area contributed by atoms with Gasteiger partial charge in [0.15, 0.2) is 12.0 Å². The lowest BCUT2D eigenvalue weighted by molar-refractivity contribution is -0.141. The predicted molar refractivity (Wildman–Crippen MR) is 93.5 cm³/mol. The van der Waals surface area contributed by atoms with Gasteiger partial charge in [0.2, 0.25) is 0 Å². The summed E-state index contributed by atoms with van der Waals surface area (Å²) in [6, 6.07) is 1.54. The number of carbonyl (C=O) groups excluding carboxylic acids is 1. The summed E-state index contributed by atoms with van der Waals surface area (Å²) in [5.74, 6) is -4.86. The summed E-state index contributed by atoms with van der Waals surface area (Å²) in [4.78, 5) is 13.6. The Morgan fingerprint density at radius 2 is 1.71 bits per heavy atom. The SMILES string of the molecule is COc1c(C=O)cn(S(=O)(=O)c2ccc(C(F)(F)F)nc2)c1-c1c(F)cc(F)cc1F. The molecule has 3 rings (SSSR count). The zero-order valence-corrected chi connectivity index (χ0v) is 16.1. The minimum absolute atomic E-state index is 0.138. The van der Waals surface area contributed by atoms with E-state index in [1.54, 1.807) is 0 Å². The van der Waals surface area contributed by atoms with Crippen LogP contribution in [0.15, 0.2) is 41.6 Å². The van der Waals surface area contributed by atoms with Crippen molar-refractivity contribution in [3.8, 4) is 17.0 Å². The highest BCUT2D eigenvalue weighted by Gasteiger charge is 2.34. The molecule has 2 aromatic heterocycles. The predicted octanol–water partition coefficient (Wildman–Crippen LogP) is 4.04. The van der Waals surface area contributed by atoms with E-state index in [2.05, 4.69) is 4.98 Å². The minimum atomic E-state index is -4.84. The number of aldehydes is 1. The van der Waals surface area contributed by atoms with Crippen LogP contribution in [0.1, 0.15) is 16.1 Å². The first-order valence-corrected chi connectivity index (χ1v) is 9.54. The van der Waals surface area contributed by atoms with Crippen molar-refractivity contribution >= 4 is 16.3 Å². The molecule has 0 saturated heterocycles. The van der Waals surface area contributed by atoms with E-state index in [0.29, 0.717) is 24.5 Å². The van der Waals surface area contributed by atoms with Crippen LogP contribution >= 0.6 is 0 Å². The lowest BCUT2D eigenvalue weighted by atomic mass is 10.1. The van der Waals surface area contributed by atoms with Gasteiger partial charge in [0.25, 0.3) is 10.0 Å². The van der Waals surface area contributed by atoms with Crippen LogP contribution in [0.25, 0.3) is 11.3 Å². The van der Waals surface area contributed by atoms with Gasteiger partial charge in [0, 0.05) is 24.5 Å². The van der Waals surface area contributed by atoms with Gasteiger partial charge in [-0.15, -0.1) is 0 Å². The summed E-state index contributed by atoms with van der Waals surface area (Å²) in [6.45, 7) is 0. The molecule has 0 fully saturated rings. The van der Waals surface area contributed by atoms with Crippen LogP contribution in [-0.2, 0) is 16.2 Å². The molecule has 0 aliphatic carbocycles. The van der Waals surface area contributed by atoms with Crippen molar-refractivity contribution in [2.24, 2.45) is 0 Å². The lowest BCUT2D eigenvalue weighted by Crippen LogP contribution is -2.16. The maximum atomic E-state index is 14.4. The van der Waals surface area contributed by atoms with Gasteiger partial charge < -0.3 is 4.74 Å². The fourth-order valence-electron chi connectivity index (χ4n) is 2.78. The highest BCUT2D eigenvalue weighted by atomic mass is 32.2. The quantitative estimate of drug-likeness (QED) is 0.421. The Labute approximate surface area is 170 Å². The summed E-state index contributed by atoms with van der Waals surface area (Å²) < 4.78 is 111. The third kappa shape index (κ3) is 3.87. The molecule has 0 radical (unpaired) electrons. The summed E-state index contributed by atoms with van der Waals surface area (Å²) >= 11 is 0. The number of ether oxygens (including phenoxy) is 1. The molecule has 6 nitrogen and oxygen atoms in total. The number of nitrogens with zero attached hydrogens (tertiary/aromatic N) is 2. The van der Waals surface area contributed by atoms with Crippen molar-refractivity contribution in [3.63, 3.8) is 0 Å². The fraction of sp³-hybridized carbons (Fsp3) is 0.111. The second kappa shape index (κ2) is 7.72. The number of hydrogen-bond donors (Lipinski definition) is 0. The van der Waals surface area contributed by atoms with E-state index in [1.807, 2.05) is 0 Å². The number of aromatic nitrogens is 2. The van der Waals surface area contributed by atoms with Crippen LogP contribution in [0.2, 0.25) is 0 Å². The number of benzene rings is 1. The average Bonchev–Trinajstić information content (AvgIpc) is 3.05. The molecule has 0 N–H and O–H groups in total. The van der Waals surface area contributed by atoms with Gasteiger partial charge in [-0.1, -0.05) is 0 Å². The highest BCUT2D eigenvalue weighted by Crippen LogP contribution is 2.40. The van der Waals surface area contributed by atoms with Gasteiger partial charge in [0.05, 0.1) is 18.2 Å². The smallest absolute Gasteiger partial charge is 0.433 e. The van der Waals surface area contributed by atoms with E-state index in [-0.39, 0.29) is 22.4 Å². The lowest BCUT2D eigenvalue weighted by Gasteiger charge is -2.14. The Hall–Kier alpha value is -3.35. The monoisotopic (exact) mass is 464 g/mol. The Balaban J connectivity index is 2.32. The summed E-state index contributed by atoms with van der Waals surface area (Å²) in [5.41, 5.74) is -3.65. The molecule has 0 atom stereocenters. The molecule has 0 amide bonds. The summed E-state index contributed by atoms with van der Waals surface area (Å²) in [5, 5.41) is 0. The standard InChI is InChI=1S/C18H10F6N2O4S/c1-30-17-9(8-27)7-26(16(17)15-12(20)4-10(19)5-13(15)21)31(28,29)11-2-3-14(25-6-11)18(22,23)24/h2-8H,1H3. The maximum Gasteiger partial charge on any atom is 0.433 e. The van der Waals surface area contributed by atoms with Crippen LogP contribution in [0.3, 0.4) is 0 Å². The van der Waals surface area contributed by atoms with Gasteiger partial charge in [0.1, 0.15) is 33.7 Å². The molecule has 0 aliphatic rings. The molecule has 2 heterocycles. The Morgan fingerprint density at radius 3 is 2.16 bits per heavy atom. The molecular formula is C18H10F6N2O4S. The van der Waals surface area contributed by atoms with Gasteiger partial charge in [-0.25, -0.2) is 25.6 Å². The molecule has 13 heteroatoms. The molecule has 0 spiro atoms. The van der Waals surface area contributed by atoms with Crippen molar-refractivity contribution in [2.75, 3.05) is 7.11 Å². The first kappa shape index (κ1) is 22.3. The van der Waals surface area contributed by atoms with Crippen molar-refractivity contribution in [3.05, 3.63) is 65.4 Å². The van der Waals surface area contributed by atoms with Crippen molar-refractivity contribution in [1.82, 2.24) is 8.96 Å². The van der Waals surface area contributed by atoms with Crippen LogP contribution in [0, 0.1) is 17.5 Å². The number of rotatable bonds is 5. The number of carbonyl (C=O) groups is 1. The van der Waals surface area contributed by atoms with Gasteiger partial charge in [-0.2, -0.15) is 13.2 Å². The van der Waals surface area contributed by atoms with Crippen molar-refractivity contribution in [2.45, 2.75) is 11.1 Å². The third-order valence-corrected chi connectivity index (χ3v) is 5.76. The molecule has 1 aromatic carbocycles. The minimum Gasteiger partial charge on any atom is -0.494 e. The topological polar surface area (TPSA) is 78.3 Å². The molecular weight excluding hydrogens is 454 g/mol. The van der Waals surface area contributed by atoms with Crippen molar-refractivity contribution < 1.29 is 44.3 Å². The number of alkyl halides is 3. The molecule has 0 unspecified atom stereocenters. The van der Waals surface area contributed by atoms with Crippen LogP contribution in [0.5, 0.6) is 5.75 Å². The van der Waals surface area contributed by atoms with E-state index < -0.39 is 66.8 Å². The third-order valence-electron chi connectivity index (χ3n) is 4.11. The highest BCUT2D eigenvalue weighted by molar-refractivity contribution is 7.90. The normalized spacial score (nSPS) is 12.1. The zero-order valence-electron chi connectivity index (χ0n) is 15.2. The number of hydrogen-bond acceptors (Lipinski definition) is 5. The number of halogens is 6. The fourth-order valence-corrected chi connectivity index (χ4v) is 4.10. The number of methoxy groups -OCH3 is 1. The first-order valence-electron chi connectivity index (χ1n) is 8.10. The molecule has 0 bridgehead atoms. The van der Waals surface area contributed by atoms with E-state index in [0.717, 1.165) is 7.11 Å². The van der Waals surface area contributed by atoms with E-state index in [4.69, 9.17) is 4.74 Å². The number of pyridine rings is 1. The summed E-state index contributed by atoms with van der Waals surface area (Å²) in [7, 11) is -3.84. The van der Waals surface area contributed by atoms with E-state index in [1.165, 1.54) is 0 Å². The van der Waals surface area contributed by atoms with Crippen LogP contribution < -0.4 is 4.74 Å². The van der Waals surface area contributed by atoms with E-state index >= 15 is 0 Å². The largest absolute Gasteiger partial charge is 0.494 e.